The summed E-state index contributed by atoms with van der Waals surface area (Å²) >= 11 is 0. The van der Waals surface area contributed by atoms with Crippen LogP contribution in [-0.2, 0) is 11.3 Å². The minimum atomic E-state index is 0.147. The fourth-order valence-electron chi connectivity index (χ4n) is 4.09. The van der Waals surface area contributed by atoms with E-state index in [9.17, 15) is 4.79 Å². The zero-order valence-electron chi connectivity index (χ0n) is 18.6. The Morgan fingerprint density at radius 3 is 2.44 bits per heavy atom. The van der Waals surface area contributed by atoms with Gasteiger partial charge < -0.3 is 19.1 Å². The van der Waals surface area contributed by atoms with E-state index in [0.29, 0.717) is 19.5 Å². The maximum atomic E-state index is 12.7. The van der Waals surface area contributed by atoms with Crippen molar-refractivity contribution in [2.75, 3.05) is 20.4 Å². The average Bonchev–Trinajstić information content (AvgIpc) is 3.32. The van der Waals surface area contributed by atoms with E-state index < -0.39 is 0 Å². The summed E-state index contributed by atoms with van der Waals surface area (Å²) < 4.78 is 16.3. The third-order valence-electron chi connectivity index (χ3n) is 5.88. The summed E-state index contributed by atoms with van der Waals surface area (Å²) in [5, 5.41) is 0. The number of hydrogen-bond acceptors (Lipinski definition) is 4. The van der Waals surface area contributed by atoms with Gasteiger partial charge in [0.2, 0.25) is 12.7 Å². The minimum absolute atomic E-state index is 0.147. The van der Waals surface area contributed by atoms with Crippen LogP contribution < -0.4 is 14.2 Å². The minimum Gasteiger partial charge on any atom is -0.497 e. The molecule has 5 heteroatoms. The largest absolute Gasteiger partial charge is 0.497 e. The molecule has 3 aromatic carbocycles. The van der Waals surface area contributed by atoms with Crippen LogP contribution in [0, 0.1) is 0 Å². The number of nitrogens with zero attached hydrogens (tertiary/aromatic N) is 1. The summed E-state index contributed by atoms with van der Waals surface area (Å²) in [6.45, 7) is 3.41. The van der Waals surface area contributed by atoms with E-state index in [-0.39, 0.29) is 18.6 Å². The SMILES string of the molecule is CCC(=O)N(CCC(c1ccccc1)c1ccc2c(c1)OCO2)Cc1ccc(OC)cc1. The average molecular weight is 432 g/mol. The number of ether oxygens (including phenoxy) is 3. The molecule has 0 aromatic heterocycles. The van der Waals surface area contributed by atoms with Crippen LogP contribution in [-0.4, -0.2) is 31.3 Å². The summed E-state index contributed by atoms with van der Waals surface area (Å²) in [7, 11) is 1.65. The summed E-state index contributed by atoms with van der Waals surface area (Å²) in [5.41, 5.74) is 3.47. The standard InChI is InChI=1S/C27H29NO4/c1-3-27(29)28(18-20-9-12-23(30-2)13-10-20)16-15-24(21-7-5-4-6-8-21)22-11-14-25-26(17-22)32-19-31-25/h4-14,17,24H,3,15-16,18-19H2,1-2H3. The molecule has 3 aromatic rings. The van der Waals surface area contributed by atoms with Crippen LogP contribution in [0.5, 0.6) is 17.2 Å². The molecule has 1 heterocycles. The lowest BCUT2D eigenvalue weighted by atomic mass is 9.88. The highest BCUT2D eigenvalue weighted by Gasteiger charge is 2.21. The molecule has 1 aliphatic rings. The quantitative estimate of drug-likeness (QED) is 0.456. The molecule has 0 spiro atoms. The fraction of sp³-hybridized carbons (Fsp3) is 0.296. The maximum absolute atomic E-state index is 12.7. The zero-order valence-corrected chi connectivity index (χ0v) is 18.6. The van der Waals surface area contributed by atoms with Crippen LogP contribution in [0.4, 0.5) is 0 Å². The first-order chi connectivity index (χ1) is 15.7. The Hall–Kier alpha value is -3.47. The Morgan fingerprint density at radius 1 is 0.969 bits per heavy atom. The third kappa shape index (κ3) is 5.05. The van der Waals surface area contributed by atoms with Crippen LogP contribution in [0.1, 0.15) is 42.4 Å². The van der Waals surface area contributed by atoms with Gasteiger partial charge in [0.05, 0.1) is 7.11 Å². The van der Waals surface area contributed by atoms with Gasteiger partial charge in [-0.15, -0.1) is 0 Å². The van der Waals surface area contributed by atoms with Gasteiger partial charge in [0, 0.05) is 25.4 Å². The molecule has 32 heavy (non-hydrogen) atoms. The zero-order chi connectivity index (χ0) is 22.3. The number of carbonyl (C=O) groups excluding carboxylic acids is 1. The second-order valence-corrected chi connectivity index (χ2v) is 7.88. The molecule has 0 N–H and O–H groups in total. The number of hydrogen-bond donors (Lipinski definition) is 0. The second kappa shape index (κ2) is 10.2. The van der Waals surface area contributed by atoms with Crippen molar-refractivity contribution in [3.8, 4) is 17.2 Å². The van der Waals surface area contributed by atoms with Crippen molar-refractivity contribution in [3.63, 3.8) is 0 Å². The molecule has 0 fully saturated rings. The van der Waals surface area contributed by atoms with E-state index in [2.05, 4.69) is 36.4 Å². The van der Waals surface area contributed by atoms with Crippen molar-refractivity contribution < 1.29 is 19.0 Å². The number of carbonyl (C=O) groups is 1. The molecule has 1 unspecified atom stereocenters. The highest BCUT2D eigenvalue weighted by molar-refractivity contribution is 5.75. The molecule has 4 rings (SSSR count). The van der Waals surface area contributed by atoms with E-state index >= 15 is 0 Å². The van der Waals surface area contributed by atoms with Crippen LogP contribution >= 0.6 is 0 Å². The van der Waals surface area contributed by atoms with Gasteiger partial charge in [-0.2, -0.15) is 0 Å². The molecule has 0 aliphatic carbocycles. The Kier molecular flexibility index (Phi) is 6.95. The lowest BCUT2D eigenvalue weighted by molar-refractivity contribution is -0.131. The Morgan fingerprint density at radius 2 is 1.72 bits per heavy atom. The monoisotopic (exact) mass is 431 g/mol. The third-order valence-corrected chi connectivity index (χ3v) is 5.88. The number of amides is 1. The molecular formula is C27H29NO4. The van der Waals surface area contributed by atoms with Gasteiger partial charge in [-0.1, -0.05) is 55.5 Å². The first kappa shape index (κ1) is 21.8. The lowest BCUT2D eigenvalue weighted by Gasteiger charge is -2.26. The molecule has 1 aliphatic heterocycles. The molecule has 166 valence electrons. The van der Waals surface area contributed by atoms with Crippen LogP contribution in [0.25, 0.3) is 0 Å². The molecule has 5 nitrogen and oxygen atoms in total. The number of methoxy groups -OCH3 is 1. The van der Waals surface area contributed by atoms with Crippen LogP contribution in [0.15, 0.2) is 72.8 Å². The van der Waals surface area contributed by atoms with Crippen molar-refractivity contribution in [1.29, 1.82) is 0 Å². The van der Waals surface area contributed by atoms with Crippen LogP contribution in [0.2, 0.25) is 0 Å². The highest BCUT2D eigenvalue weighted by Crippen LogP contribution is 2.37. The molecule has 1 amide bonds. The number of benzene rings is 3. The number of rotatable bonds is 9. The Bertz CT molecular complexity index is 1030. The second-order valence-electron chi connectivity index (χ2n) is 7.88. The van der Waals surface area contributed by atoms with Gasteiger partial charge in [0.1, 0.15) is 5.75 Å². The fourth-order valence-corrected chi connectivity index (χ4v) is 4.09. The van der Waals surface area contributed by atoms with E-state index in [1.165, 1.54) is 5.56 Å². The van der Waals surface area contributed by atoms with E-state index in [4.69, 9.17) is 14.2 Å². The smallest absolute Gasteiger partial charge is 0.231 e. The summed E-state index contributed by atoms with van der Waals surface area (Å²) in [6.07, 6.45) is 1.29. The van der Waals surface area contributed by atoms with E-state index in [1.807, 2.05) is 48.2 Å². The molecular weight excluding hydrogens is 402 g/mol. The van der Waals surface area contributed by atoms with Crippen LogP contribution in [0.3, 0.4) is 0 Å². The molecule has 0 bridgehead atoms. The summed E-state index contributed by atoms with van der Waals surface area (Å²) in [4.78, 5) is 14.7. The Labute approximate surface area is 189 Å². The van der Waals surface area contributed by atoms with Gasteiger partial charge >= 0.3 is 0 Å². The predicted molar refractivity (Wildman–Crippen MR) is 124 cm³/mol. The normalized spacial score (nSPS) is 12.9. The van der Waals surface area contributed by atoms with E-state index in [1.54, 1.807) is 7.11 Å². The van der Waals surface area contributed by atoms with Gasteiger partial charge in [0.15, 0.2) is 11.5 Å². The van der Waals surface area contributed by atoms with Crippen molar-refractivity contribution in [2.45, 2.75) is 32.2 Å². The first-order valence-corrected chi connectivity index (χ1v) is 11.0. The van der Waals surface area contributed by atoms with Crippen molar-refractivity contribution in [3.05, 3.63) is 89.5 Å². The molecule has 0 radical (unpaired) electrons. The maximum Gasteiger partial charge on any atom is 0.231 e. The highest BCUT2D eigenvalue weighted by atomic mass is 16.7. The molecule has 0 saturated heterocycles. The van der Waals surface area contributed by atoms with Crippen molar-refractivity contribution in [1.82, 2.24) is 4.90 Å². The van der Waals surface area contributed by atoms with Gasteiger partial charge in [-0.3, -0.25) is 4.79 Å². The predicted octanol–water partition coefficient (Wildman–Crippen LogP) is 5.38. The van der Waals surface area contributed by atoms with E-state index in [0.717, 1.165) is 34.8 Å². The first-order valence-electron chi connectivity index (χ1n) is 11.0. The molecule has 1 atom stereocenters. The van der Waals surface area contributed by atoms with Gasteiger partial charge in [-0.05, 0) is 47.4 Å². The van der Waals surface area contributed by atoms with Gasteiger partial charge in [0.25, 0.3) is 0 Å². The van der Waals surface area contributed by atoms with Crippen molar-refractivity contribution in [2.24, 2.45) is 0 Å². The lowest BCUT2D eigenvalue weighted by Crippen LogP contribution is -2.31. The number of fused-ring (bicyclic) bond motifs is 1. The van der Waals surface area contributed by atoms with Gasteiger partial charge in [-0.25, -0.2) is 0 Å². The Balaban J connectivity index is 1.55. The van der Waals surface area contributed by atoms with Crippen molar-refractivity contribution >= 4 is 5.91 Å². The topological polar surface area (TPSA) is 48.0 Å². The molecule has 0 saturated carbocycles. The summed E-state index contributed by atoms with van der Waals surface area (Å²) in [6, 6.07) is 24.5. The summed E-state index contributed by atoms with van der Waals surface area (Å²) in [5.74, 6) is 2.67.